The van der Waals surface area contributed by atoms with Gasteiger partial charge in [-0.1, -0.05) is 0 Å². The van der Waals surface area contributed by atoms with E-state index in [4.69, 9.17) is 0 Å². The van der Waals surface area contributed by atoms with Crippen LogP contribution in [0.2, 0.25) is 0 Å². The molecule has 76 valence electrons. The molecular weight excluding hydrogens is 210 g/mol. The third-order valence-electron chi connectivity index (χ3n) is 2.39. The van der Waals surface area contributed by atoms with Crippen molar-refractivity contribution in [2.24, 2.45) is 0 Å². The molecule has 0 unspecified atom stereocenters. The molecule has 0 aliphatic carbocycles. The van der Waals surface area contributed by atoms with Gasteiger partial charge in [0.15, 0.2) is 0 Å². The van der Waals surface area contributed by atoms with E-state index in [0.29, 0.717) is 12.2 Å². The average Bonchev–Trinajstić information content (AvgIpc) is 2.58. The second-order valence-corrected chi connectivity index (χ2v) is 4.33. The molecule has 0 saturated heterocycles. The van der Waals surface area contributed by atoms with Gasteiger partial charge >= 0.3 is 0 Å². The molecule has 0 atom stereocenters. The van der Waals surface area contributed by atoms with Gasteiger partial charge in [-0.2, -0.15) is 0 Å². The van der Waals surface area contributed by atoms with E-state index in [1.165, 1.54) is 10.9 Å². The van der Waals surface area contributed by atoms with Crippen LogP contribution in [-0.2, 0) is 6.54 Å². The van der Waals surface area contributed by atoms with Gasteiger partial charge in [-0.05, 0) is 11.4 Å². The van der Waals surface area contributed by atoms with E-state index in [0.717, 1.165) is 11.5 Å². The van der Waals surface area contributed by atoms with Crippen molar-refractivity contribution in [3.8, 4) is 0 Å². The zero-order chi connectivity index (χ0) is 10.3. The molecule has 3 rings (SSSR count). The first-order valence-corrected chi connectivity index (χ1v) is 5.51. The molecule has 2 aromatic heterocycles. The second-order valence-electron chi connectivity index (χ2n) is 3.33. The highest BCUT2D eigenvalue weighted by atomic mass is 32.1. The maximum absolute atomic E-state index is 11.6. The van der Waals surface area contributed by atoms with E-state index in [9.17, 15) is 4.79 Å². The number of pyridine rings is 1. The predicted molar refractivity (Wildman–Crippen MR) is 62.0 cm³/mol. The fraction of sp³-hybridized carbons (Fsp3) is 0.100. The van der Waals surface area contributed by atoms with Crippen LogP contribution in [0.3, 0.4) is 0 Å². The number of hydrogen-bond donors (Lipinski definition) is 3. The average molecular weight is 219 g/mol. The SMILES string of the molecule is O=c1cc[nH]c2c1NCc1sccc1N2. The van der Waals surface area contributed by atoms with Crippen molar-refractivity contribution in [1.29, 1.82) is 0 Å². The molecule has 0 fully saturated rings. The van der Waals surface area contributed by atoms with Crippen molar-refractivity contribution in [3.63, 3.8) is 0 Å². The zero-order valence-corrected chi connectivity index (χ0v) is 8.65. The first-order valence-electron chi connectivity index (χ1n) is 4.63. The molecular formula is C10H9N3OS. The number of thiophene rings is 1. The third kappa shape index (κ3) is 1.32. The minimum Gasteiger partial charge on any atom is -0.374 e. The summed E-state index contributed by atoms with van der Waals surface area (Å²) in [5.41, 5.74) is 1.68. The summed E-state index contributed by atoms with van der Waals surface area (Å²) >= 11 is 1.67. The molecule has 1 aliphatic heterocycles. The summed E-state index contributed by atoms with van der Waals surface area (Å²) in [5, 5.41) is 8.39. The summed E-state index contributed by atoms with van der Waals surface area (Å²) < 4.78 is 0. The van der Waals surface area contributed by atoms with E-state index in [1.807, 2.05) is 11.4 Å². The predicted octanol–water partition coefficient (Wildman–Crippen LogP) is 2.11. The smallest absolute Gasteiger partial charge is 0.206 e. The lowest BCUT2D eigenvalue weighted by atomic mass is 10.3. The summed E-state index contributed by atoms with van der Waals surface area (Å²) in [6.07, 6.45) is 1.65. The largest absolute Gasteiger partial charge is 0.374 e. The molecule has 0 aromatic carbocycles. The number of rotatable bonds is 0. The van der Waals surface area contributed by atoms with Crippen LogP contribution in [0.15, 0.2) is 28.5 Å². The second kappa shape index (κ2) is 3.13. The van der Waals surface area contributed by atoms with Crippen molar-refractivity contribution in [1.82, 2.24) is 4.98 Å². The fourth-order valence-corrected chi connectivity index (χ4v) is 2.42. The lowest BCUT2D eigenvalue weighted by molar-refractivity contribution is 1.19. The van der Waals surface area contributed by atoms with Gasteiger partial charge in [0.05, 0.1) is 12.2 Å². The third-order valence-corrected chi connectivity index (χ3v) is 3.31. The molecule has 5 heteroatoms. The van der Waals surface area contributed by atoms with Crippen molar-refractivity contribution < 1.29 is 0 Å². The van der Waals surface area contributed by atoms with Crippen LogP contribution in [0.4, 0.5) is 17.2 Å². The van der Waals surface area contributed by atoms with Crippen LogP contribution in [0.25, 0.3) is 0 Å². The molecule has 3 N–H and O–H groups in total. The number of fused-ring (bicyclic) bond motifs is 2. The van der Waals surface area contributed by atoms with Gasteiger partial charge in [0.25, 0.3) is 0 Å². The van der Waals surface area contributed by atoms with E-state index in [1.54, 1.807) is 17.5 Å². The van der Waals surface area contributed by atoms with Gasteiger partial charge in [-0.15, -0.1) is 11.3 Å². The highest BCUT2D eigenvalue weighted by molar-refractivity contribution is 7.10. The number of aromatic nitrogens is 1. The van der Waals surface area contributed by atoms with Crippen molar-refractivity contribution in [3.05, 3.63) is 38.8 Å². The number of aromatic amines is 1. The molecule has 0 amide bonds. The lowest BCUT2D eigenvalue weighted by Gasteiger charge is -2.06. The topological polar surface area (TPSA) is 56.9 Å². The first kappa shape index (κ1) is 8.55. The Morgan fingerprint density at radius 3 is 3.20 bits per heavy atom. The Labute approximate surface area is 90.0 Å². The molecule has 15 heavy (non-hydrogen) atoms. The molecule has 3 heterocycles. The summed E-state index contributed by atoms with van der Waals surface area (Å²) in [5.74, 6) is 0.736. The molecule has 0 bridgehead atoms. The summed E-state index contributed by atoms with van der Waals surface area (Å²) in [6.45, 7) is 0.695. The fourth-order valence-electron chi connectivity index (χ4n) is 1.65. The number of anilines is 3. The number of nitrogens with one attached hydrogen (secondary N) is 3. The van der Waals surface area contributed by atoms with Crippen molar-refractivity contribution in [2.45, 2.75) is 6.54 Å². The zero-order valence-electron chi connectivity index (χ0n) is 7.83. The molecule has 2 aromatic rings. The minimum atomic E-state index is 0.00593. The Hall–Kier alpha value is -1.75. The van der Waals surface area contributed by atoms with E-state index in [2.05, 4.69) is 15.6 Å². The van der Waals surface area contributed by atoms with Crippen LogP contribution in [0.1, 0.15) is 4.88 Å². The normalized spacial score (nSPS) is 13.1. The highest BCUT2D eigenvalue weighted by Gasteiger charge is 2.14. The highest BCUT2D eigenvalue weighted by Crippen LogP contribution is 2.31. The molecule has 0 radical (unpaired) electrons. The lowest BCUT2D eigenvalue weighted by Crippen LogP contribution is -2.10. The Morgan fingerprint density at radius 1 is 1.33 bits per heavy atom. The van der Waals surface area contributed by atoms with Crippen LogP contribution < -0.4 is 16.1 Å². The molecule has 1 aliphatic rings. The van der Waals surface area contributed by atoms with Gasteiger partial charge in [-0.25, -0.2) is 0 Å². The van der Waals surface area contributed by atoms with Gasteiger partial charge in [0.2, 0.25) is 5.43 Å². The standard InChI is InChI=1S/C10H9N3OS/c14-7-1-3-11-10-9(7)12-5-8-6(13-10)2-4-15-8/h1-4,12H,5H2,(H2,11,13,14). The van der Waals surface area contributed by atoms with Crippen LogP contribution in [0, 0.1) is 0 Å². The monoisotopic (exact) mass is 219 g/mol. The molecule has 0 saturated carbocycles. The number of hydrogen-bond acceptors (Lipinski definition) is 4. The van der Waals surface area contributed by atoms with Gasteiger partial charge < -0.3 is 15.6 Å². The molecule has 4 nitrogen and oxygen atoms in total. The summed E-state index contributed by atoms with van der Waals surface area (Å²) in [4.78, 5) is 15.8. The van der Waals surface area contributed by atoms with Gasteiger partial charge in [0, 0.05) is 17.1 Å². The Balaban J connectivity index is 2.16. The summed E-state index contributed by atoms with van der Waals surface area (Å²) in [7, 11) is 0. The quantitative estimate of drug-likeness (QED) is 0.636. The van der Waals surface area contributed by atoms with Gasteiger partial charge in [-0.3, -0.25) is 4.79 Å². The van der Waals surface area contributed by atoms with E-state index >= 15 is 0 Å². The van der Waals surface area contributed by atoms with Crippen LogP contribution in [0.5, 0.6) is 0 Å². The van der Waals surface area contributed by atoms with E-state index in [-0.39, 0.29) is 5.43 Å². The van der Waals surface area contributed by atoms with Crippen molar-refractivity contribution in [2.75, 3.05) is 10.6 Å². The summed E-state index contributed by atoms with van der Waals surface area (Å²) in [6, 6.07) is 3.54. The van der Waals surface area contributed by atoms with E-state index < -0.39 is 0 Å². The molecule has 0 spiro atoms. The maximum Gasteiger partial charge on any atom is 0.206 e. The first-order chi connectivity index (χ1) is 7.34. The van der Waals surface area contributed by atoms with Gasteiger partial charge in [0.1, 0.15) is 11.5 Å². The Kier molecular flexibility index (Phi) is 1.78. The maximum atomic E-state index is 11.6. The van der Waals surface area contributed by atoms with Crippen LogP contribution >= 0.6 is 11.3 Å². The Morgan fingerprint density at radius 2 is 2.27 bits per heavy atom. The Bertz CT molecular complexity index is 558. The minimum absolute atomic E-state index is 0.00593. The van der Waals surface area contributed by atoms with Crippen LogP contribution in [-0.4, -0.2) is 4.98 Å². The number of H-pyrrole nitrogens is 1. The van der Waals surface area contributed by atoms with Crippen molar-refractivity contribution >= 4 is 28.5 Å².